The summed E-state index contributed by atoms with van der Waals surface area (Å²) in [5, 5.41) is 23.5. The highest BCUT2D eigenvalue weighted by molar-refractivity contribution is 5.97. The van der Waals surface area contributed by atoms with Gasteiger partial charge in [0.15, 0.2) is 5.78 Å². The van der Waals surface area contributed by atoms with E-state index in [1.54, 1.807) is 31.2 Å². The molecule has 3 N–H and O–H groups in total. The van der Waals surface area contributed by atoms with Crippen molar-refractivity contribution in [2.45, 2.75) is 45.8 Å². The van der Waals surface area contributed by atoms with Crippen LogP contribution >= 0.6 is 0 Å². The molecule has 6 nitrogen and oxygen atoms in total. The van der Waals surface area contributed by atoms with Crippen LogP contribution in [0.15, 0.2) is 30.4 Å². The van der Waals surface area contributed by atoms with Crippen molar-refractivity contribution in [2.75, 3.05) is 11.9 Å². The lowest BCUT2D eigenvalue weighted by Gasteiger charge is -2.19. The molecule has 3 atom stereocenters. The van der Waals surface area contributed by atoms with E-state index in [2.05, 4.69) is 5.32 Å². The average molecular weight is 373 g/mol. The molecule has 146 valence electrons. The van der Waals surface area contributed by atoms with E-state index >= 15 is 0 Å². The normalized spacial score (nSPS) is 26.4. The van der Waals surface area contributed by atoms with Crippen LogP contribution in [0.5, 0.6) is 5.75 Å². The summed E-state index contributed by atoms with van der Waals surface area (Å²) >= 11 is 0. The lowest BCUT2D eigenvalue weighted by atomic mass is 10.0. The number of fused-ring (bicyclic) bond motifs is 1. The third-order valence-corrected chi connectivity index (χ3v) is 4.49. The number of esters is 1. The minimum atomic E-state index is -0.810. The molecule has 2 rings (SSSR count). The molecule has 3 unspecified atom stereocenters. The zero-order chi connectivity index (χ0) is 20.0. The number of cyclic esters (lactones) is 1. The average Bonchev–Trinajstić information content (AvgIpc) is 2.58. The van der Waals surface area contributed by atoms with Gasteiger partial charge in [0.1, 0.15) is 17.4 Å². The summed E-state index contributed by atoms with van der Waals surface area (Å²) in [6.07, 6.45) is 5.41. The SMILES string of the molecule is CCNc1cc(O)c2c(c1)/C=C/CC(O)CC(=O)/C=C\C(C)C(C)OC2=O. The second-order valence-corrected chi connectivity index (χ2v) is 6.78. The van der Waals surface area contributed by atoms with Crippen LogP contribution in [0.1, 0.15) is 49.5 Å². The molecule has 1 aliphatic heterocycles. The van der Waals surface area contributed by atoms with Crippen LogP contribution in [-0.2, 0) is 9.53 Å². The number of allylic oxidation sites excluding steroid dienone is 1. The topological polar surface area (TPSA) is 95.9 Å². The first kappa shape index (κ1) is 20.7. The van der Waals surface area contributed by atoms with Gasteiger partial charge in [-0.05, 0) is 38.0 Å². The number of hydrogen-bond donors (Lipinski definition) is 3. The summed E-state index contributed by atoms with van der Waals surface area (Å²) in [7, 11) is 0. The molecule has 0 spiro atoms. The van der Waals surface area contributed by atoms with Gasteiger partial charge < -0.3 is 20.3 Å². The minimum Gasteiger partial charge on any atom is -0.507 e. The Morgan fingerprint density at radius 2 is 1.96 bits per heavy atom. The Bertz CT molecular complexity index is 753. The van der Waals surface area contributed by atoms with Crippen LogP contribution in [0.25, 0.3) is 6.08 Å². The monoisotopic (exact) mass is 373 g/mol. The van der Waals surface area contributed by atoms with Crippen LogP contribution < -0.4 is 5.32 Å². The van der Waals surface area contributed by atoms with Crippen molar-refractivity contribution in [1.29, 1.82) is 0 Å². The molecular weight excluding hydrogens is 346 g/mol. The van der Waals surface area contributed by atoms with Crippen LogP contribution in [0.3, 0.4) is 0 Å². The van der Waals surface area contributed by atoms with Gasteiger partial charge in [-0.15, -0.1) is 0 Å². The molecule has 0 amide bonds. The van der Waals surface area contributed by atoms with Gasteiger partial charge in [0.05, 0.1) is 6.10 Å². The van der Waals surface area contributed by atoms with Crippen LogP contribution in [0, 0.1) is 5.92 Å². The van der Waals surface area contributed by atoms with Crippen molar-refractivity contribution in [3.8, 4) is 5.75 Å². The first-order chi connectivity index (χ1) is 12.8. The Morgan fingerprint density at radius 1 is 1.22 bits per heavy atom. The number of phenolic OH excluding ortho intramolecular Hbond substituents is 1. The first-order valence-electron chi connectivity index (χ1n) is 9.19. The fraction of sp³-hybridized carbons (Fsp3) is 0.429. The van der Waals surface area contributed by atoms with E-state index in [0.29, 0.717) is 17.8 Å². The third kappa shape index (κ3) is 5.69. The van der Waals surface area contributed by atoms with E-state index in [4.69, 9.17) is 4.74 Å². The molecule has 1 aromatic carbocycles. The molecular formula is C21H27NO5. The zero-order valence-corrected chi connectivity index (χ0v) is 15.9. The second-order valence-electron chi connectivity index (χ2n) is 6.78. The fourth-order valence-corrected chi connectivity index (χ4v) is 2.80. The number of phenols is 1. The van der Waals surface area contributed by atoms with Gasteiger partial charge in [0.2, 0.25) is 0 Å². The van der Waals surface area contributed by atoms with Crippen molar-refractivity contribution < 1.29 is 24.5 Å². The molecule has 27 heavy (non-hydrogen) atoms. The Morgan fingerprint density at radius 3 is 2.67 bits per heavy atom. The van der Waals surface area contributed by atoms with Crippen molar-refractivity contribution in [3.05, 3.63) is 41.5 Å². The molecule has 1 heterocycles. The number of rotatable bonds is 2. The fourth-order valence-electron chi connectivity index (χ4n) is 2.80. The number of benzene rings is 1. The number of carbonyl (C=O) groups excluding carboxylic acids is 2. The predicted molar refractivity (Wildman–Crippen MR) is 105 cm³/mol. The smallest absolute Gasteiger partial charge is 0.342 e. The van der Waals surface area contributed by atoms with Crippen LogP contribution in [0.4, 0.5) is 5.69 Å². The largest absolute Gasteiger partial charge is 0.507 e. The highest BCUT2D eigenvalue weighted by atomic mass is 16.5. The van der Waals surface area contributed by atoms with Crippen molar-refractivity contribution in [3.63, 3.8) is 0 Å². The Balaban J connectivity index is 2.46. The Labute approximate surface area is 159 Å². The van der Waals surface area contributed by atoms with Gasteiger partial charge >= 0.3 is 5.97 Å². The highest BCUT2D eigenvalue weighted by Gasteiger charge is 2.22. The number of hydrogen-bond acceptors (Lipinski definition) is 6. The summed E-state index contributed by atoms with van der Waals surface area (Å²) in [4.78, 5) is 24.6. The van der Waals surface area contributed by atoms with Gasteiger partial charge in [-0.25, -0.2) is 4.79 Å². The van der Waals surface area contributed by atoms with Crippen LogP contribution in [0.2, 0.25) is 0 Å². The van der Waals surface area contributed by atoms with E-state index in [9.17, 15) is 19.8 Å². The van der Waals surface area contributed by atoms with Gasteiger partial charge in [0, 0.05) is 30.6 Å². The maximum absolute atomic E-state index is 12.7. The summed E-state index contributed by atoms with van der Waals surface area (Å²) in [5.41, 5.74) is 1.24. The number of aliphatic hydroxyl groups excluding tert-OH is 1. The molecule has 0 fully saturated rings. The molecule has 0 bridgehead atoms. The quantitative estimate of drug-likeness (QED) is 0.689. The van der Waals surface area contributed by atoms with Crippen molar-refractivity contribution in [1.82, 2.24) is 0 Å². The molecule has 1 aromatic rings. The molecule has 0 saturated heterocycles. The molecule has 1 aliphatic rings. The van der Waals surface area contributed by atoms with Crippen molar-refractivity contribution >= 4 is 23.5 Å². The van der Waals surface area contributed by atoms with E-state index in [1.165, 1.54) is 12.1 Å². The second kappa shape index (κ2) is 9.37. The number of ether oxygens (including phenoxy) is 1. The van der Waals surface area contributed by atoms with Gasteiger partial charge in [0.25, 0.3) is 0 Å². The van der Waals surface area contributed by atoms with E-state index in [0.717, 1.165) is 0 Å². The molecule has 0 saturated carbocycles. The summed E-state index contributed by atoms with van der Waals surface area (Å²) in [6.45, 7) is 6.15. The third-order valence-electron chi connectivity index (χ3n) is 4.49. The van der Waals surface area contributed by atoms with Gasteiger partial charge in [-0.3, -0.25) is 4.79 Å². The maximum atomic E-state index is 12.7. The lowest BCUT2D eigenvalue weighted by molar-refractivity contribution is -0.116. The van der Waals surface area contributed by atoms with E-state index in [-0.39, 0.29) is 35.9 Å². The summed E-state index contributed by atoms with van der Waals surface area (Å²) in [5.74, 6) is -1.17. The number of nitrogens with one attached hydrogen (secondary N) is 1. The number of anilines is 1. The Hall–Kier alpha value is -2.60. The van der Waals surface area contributed by atoms with Crippen LogP contribution in [-0.4, -0.2) is 40.7 Å². The molecule has 6 heteroatoms. The summed E-state index contributed by atoms with van der Waals surface area (Å²) < 4.78 is 5.51. The zero-order valence-electron chi connectivity index (χ0n) is 15.9. The standard InChI is InChI=1S/C21H27NO5/c1-4-22-16-10-15-6-5-7-17(23)12-18(24)9-8-13(2)14(3)27-21(26)20(15)19(25)11-16/h5-6,8-11,13-14,17,22-23,25H,4,7,12H2,1-3H3/b6-5+,9-8-. The lowest BCUT2D eigenvalue weighted by Crippen LogP contribution is -2.22. The number of aliphatic hydroxyl groups is 1. The van der Waals surface area contributed by atoms with Gasteiger partial charge in [-0.1, -0.05) is 25.2 Å². The van der Waals surface area contributed by atoms with Gasteiger partial charge in [-0.2, -0.15) is 0 Å². The number of ketones is 1. The maximum Gasteiger partial charge on any atom is 0.342 e. The number of aromatic hydroxyl groups is 1. The molecule has 0 radical (unpaired) electrons. The van der Waals surface area contributed by atoms with E-state index in [1.807, 2.05) is 13.8 Å². The number of carbonyl (C=O) groups is 2. The minimum absolute atomic E-state index is 0.0251. The summed E-state index contributed by atoms with van der Waals surface area (Å²) in [6, 6.07) is 3.23. The highest BCUT2D eigenvalue weighted by Crippen LogP contribution is 2.29. The first-order valence-corrected chi connectivity index (χ1v) is 9.19. The van der Waals surface area contributed by atoms with Crippen molar-refractivity contribution in [2.24, 2.45) is 5.92 Å². The molecule has 0 aromatic heterocycles. The molecule has 0 aliphatic carbocycles. The predicted octanol–water partition coefficient (Wildman–Crippen LogP) is 3.30. The Kier molecular flexibility index (Phi) is 7.19. The van der Waals surface area contributed by atoms with E-state index < -0.39 is 18.2 Å².